The maximum absolute atomic E-state index is 12.8. The van der Waals surface area contributed by atoms with E-state index in [1.54, 1.807) is 35.6 Å². The molecule has 2 heterocycles. The summed E-state index contributed by atoms with van der Waals surface area (Å²) in [6.07, 6.45) is 3.23. The van der Waals surface area contributed by atoms with Crippen LogP contribution in [-0.2, 0) is 4.79 Å². The number of methoxy groups -OCH3 is 1. The van der Waals surface area contributed by atoms with E-state index in [1.807, 2.05) is 29.5 Å². The van der Waals surface area contributed by atoms with Crippen molar-refractivity contribution >= 4 is 34.9 Å². The first-order chi connectivity index (χ1) is 13.1. The molecule has 1 saturated heterocycles. The van der Waals surface area contributed by atoms with Crippen LogP contribution in [0.1, 0.15) is 15.2 Å². The van der Waals surface area contributed by atoms with Gasteiger partial charge in [0.25, 0.3) is 5.91 Å². The highest BCUT2D eigenvalue weighted by atomic mass is 32.1. The number of benzene rings is 1. The summed E-state index contributed by atoms with van der Waals surface area (Å²) in [6, 6.07) is 8.98. The molecule has 1 N–H and O–H groups in total. The van der Waals surface area contributed by atoms with E-state index in [2.05, 4.69) is 10.2 Å². The molecule has 0 radical (unpaired) electrons. The predicted molar refractivity (Wildman–Crippen MR) is 108 cm³/mol. The van der Waals surface area contributed by atoms with Crippen molar-refractivity contribution in [2.75, 3.05) is 45.7 Å². The number of ether oxygens (including phenoxy) is 1. The quantitative estimate of drug-likeness (QED) is 0.804. The molecule has 0 unspecified atom stereocenters. The number of hydrogen-bond donors (Lipinski definition) is 1. The average molecular weight is 385 g/mol. The first-order valence-electron chi connectivity index (χ1n) is 8.75. The lowest BCUT2D eigenvalue weighted by Gasteiger charge is -2.32. The second-order valence-corrected chi connectivity index (χ2v) is 7.33. The molecule has 0 saturated carbocycles. The number of carbonyl (C=O) groups is 2. The normalized spacial score (nSPS) is 15.1. The monoisotopic (exact) mass is 385 g/mol. The standard InChI is InChI=1S/C20H23N3O3S/c1-22-9-11-23(12-10-22)20(25)15-5-7-18(26-2)17(14-15)21-19(24)8-6-16-4-3-13-27-16/h3-8,13-14H,9-12H2,1-2H3,(H,21,24)/b8-6+. The van der Waals surface area contributed by atoms with E-state index >= 15 is 0 Å². The minimum Gasteiger partial charge on any atom is -0.495 e. The first kappa shape index (κ1) is 19.1. The van der Waals surface area contributed by atoms with Crippen molar-refractivity contribution in [3.63, 3.8) is 0 Å². The van der Waals surface area contributed by atoms with Gasteiger partial charge in [-0.1, -0.05) is 6.07 Å². The molecule has 1 aliphatic heterocycles. The molecule has 1 aromatic carbocycles. The Bertz CT molecular complexity index is 825. The van der Waals surface area contributed by atoms with Crippen LogP contribution < -0.4 is 10.1 Å². The number of anilines is 1. The van der Waals surface area contributed by atoms with Crippen LogP contribution in [0.4, 0.5) is 5.69 Å². The average Bonchev–Trinajstić information content (AvgIpc) is 3.20. The van der Waals surface area contributed by atoms with Crippen LogP contribution in [0.15, 0.2) is 41.8 Å². The fraction of sp³-hybridized carbons (Fsp3) is 0.300. The highest BCUT2D eigenvalue weighted by Crippen LogP contribution is 2.26. The summed E-state index contributed by atoms with van der Waals surface area (Å²) >= 11 is 1.56. The summed E-state index contributed by atoms with van der Waals surface area (Å²) in [4.78, 5) is 30.0. The molecule has 27 heavy (non-hydrogen) atoms. The van der Waals surface area contributed by atoms with Gasteiger partial charge in [-0.2, -0.15) is 0 Å². The Labute approximate surface area is 163 Å². The van der Waals surface area contributed by atoms with Crippen LogP contribution in [0.25, 0.3) is 6.08 Å². The first-order valence-corrected chi connectivity index (χ1v) is 9.63. The van der Waals surface area contributed by atoms with Gasteiger partial charge >= 0.3 is 0 Å². The topological polar surface area (TPSA) is 61.9 Å². The second kappa shape index (κ2) is 8.83. The fourth-order valence-electron chi connectivity index (χ4n) is 2.85. The summed E-state index contributed by atoms with van der Waals surface area (Å²) in [5, 5.41) is 4.76. The summed E-state index contributed by atoms with van der Waals surface area (Å²) in [5.74, 6) is 0.212. The Hall–Kier alpha value is -2.64. The van der Waals surface area contributed by atoms with E-state index in [4.69, 9.17) is 4.74 Å². The van der Waals surface area contributed by atoms with Gasteiger partial charge in [0, 0.05) is 42.7 Å². The zero-order valence-electron chi connectivity index (χ0n) is 15.5. The van der Waals surface area contributed by atoms with E-state index < -0.39 is 0 Å². The maximum atomic E-state index is 12.8. The van der Waals surface area contributed by atoms with Crippen LogP contribution in [0.2, 0.25) is 0 Å². The molecule has 1 aromatic heterocycles. The maximum Gasteiger partial charge on any atom is 0.254 e. The van der Waals surface area contributed by atoms with E-state index in [9.17, 15) is 9.59 Å². The minimum absolute atomic E-state index is 0.0321. The number of rotatable bonds is 5. The molecule has 1 fully saturated rings. The molecule has 3 rings (SSSR count). The Kier molecular flexibility index (Phi) is 6.26. The molecule has 0 bridgehead atoms. The Morgan fingerprint density at radius 1 is 1.19 bits per heavy atom. The molecule has 0 spiro atoms. The number of nitrogens with zero attached hydrogens (tertiary/aromatic N) is 2. The fourth-order valence-corrected chi connectivity index (χ4v) is 3.47. The minimum atomic E-state index is -0.272. The molecule has 2 amide bonds. The van der Waals surface area contributed by atoms with Crippen LogP contribution in [0, 0.1) is 0 Å². The summed E-state index contributed by atoms with van der Waals surface area (Å²) in [5.41, 5.74) is 1.02. The van der Waals surface area contributed by atoms with Crippen molar-refractivity contribution in [3.8, 4) is 5.75 Å². The van der Waals surface area contributed by atoms with Crippen LogP contribution in [0.5, 0.6) is 5.75 Å². The number of nitrogens with one attached hydrogen (secondary N) is 1. The smallest absolute Gasteiger partial charge is 0.254 e. The molecule has 1 aliphatic rings. The lowest BCUT2D eigenvalue weighted by atomic mass is 10.1. The Balaban J connectivity index is 1.73. The van der Waals surface area contributed by atoms with Gasteiger partial charge in [0.15, 0.2) is 0 Å². The van der Waals surface area contributed by atoms with Crippen molar-refractivity contribution in [3.05, 3.63) is 52.2 Å². The Morgan fingerprint density at radius 2 is 1.96 bits per heavy atom. The van der Waals surface area contributed by atoms with Gasteiger partial charge < -0.3 is 19.9 Å². The van der Waals surface area contributed by atoms with Gasteiger partial charge in [-0.05, 0) is 42.8 Å². The molecular formula is C20H23N3O3S. The zero-order chi connectivity index (χ0) is 19.2. The summed E-state index contributed by atoms with van der Waals surface area (Å²) in [7, 11) is 3.58. The van der Waals surface area contributed by atoms with Crippen molar-refractivity contribution < 1.29 is 14.3 Å². The van der Waals surface area contributed by atoms with E-state index in [0.29, 0.717) is 30.1 Å². The van der Waals surface area contributed by atoms with Gasteiger partial charge in [0.2, 0.25) is 5.91 Å². The van der Waals surface area contributed by atoms with Gasteiger partial charge in [0.05, 0.1) is 12.8 Å². The lowest BCUT2D eigenvalue weighted by Crippen LogP contribution is -2.47. The largest absolute Gasteiger partial charge is 0.495 e. The van der Waals surface area contributed by atoms with Crippen molar-refractivity contribution in [1.82, 2.24) is 9.80 Å². The van der Waals surface area contributed by atoms with Gasteiger partial charge in [-0.25, -0.2) is 0 Å². The van der Waals surface area contributed by atoms with Gasteiger partial charge in [-0.15, -0.1) is 11.3 Å². The van der Waals surface area contributed by atoms with E-state index in [1.165, 1.54) is 13.2 Å². The number of piperazine rings is 1. The predicted octanol–water partition coefficient (Wildman–Crippen LogP) is 2.80. The van der Waals surface area contributed by atoms with Crippen LogP contribution in [-0.4, -0.2) is 62.0 Å². The molecule has 0 atom stereocenters. The molecule has 142 valence electrons. The summed E-state index contributed by atoms with van der Waals surface area (Å²) in [6.45, 7) is 3.12. The third kappa shape index (κ3) is 4.96. The Morgan fingerprint density at radius 3 is 2.63 bits per heavy atom. The van der Waals surface area contributed by atoms with Crippen molar-refractivity contribution in [2.24, 2.45) is 0 Å². The third-order valence-electron chi connectivity index (χ3n) is 4.44. The zero-order valence-corrected chi connectivity index (χ0v) is 16.3. The second-order valence-electron chi connectivity index (χ2n) is 6.35. The third-order valence-corrected chi connectivity index (χ3v) is 5.27. The molecule has 6 nitrogen and oxygen atoms in total. The van der Waals surface area contributed by atoms with E-state index in [0.717, 1.165) is 18.0 Å². The molecule has 7 heteroatoms. The van der Waals surface area contributed by atoms with Crippen LogP contribution in [0.3, 0.4) is 0 Å². The molecule has 0 aliphatic carbocycles. The lowest BCUT2D eigenvalue weighted by molar-refractivity contribution is -0.111. The number of amides is 2. The number of carbonyl (C=O) groups excluding carboxylic acids is 2. The van der Waals surface area contributed by atoms with Crippen LogP contribution >= 0.6 is 11.3 Å². The van der Waals surface area contributed by atoms with Crippen molar-refractivity contribution in [2.45, 2.75) is 0 Å². The van der Waals surface area contributed by atoms with E-state index in [-0.39, 0.29) is 11.8 Å². The highest BCUT2D eigenvalue weighted by Gasteiger charge is 2.21. The number of likely N-dealkylation sites (N-methyl/N-ethyl adjacent to an activating group) is 1. The molecular weight excluding hydrogens is 362 g/mol. The number of thiophene rings is 1. The summed E-state index contributed by atoms with van der Waals surface area (Å²) < 4.78 is 5.32. The van der Waals surface area contributed by atoms with Gasteiger partial charge in [0.1, 0.15) is 5.75 Å². The SMILES string of the molecule is COc1ccc(C(=O)N2CCN(C)CC2)cc1NC(=O)/C=C/c1cccs1. The highest BCUT2D eigenvalue weighted by molar-refractivity contribution is 7.10. The number of hydrogen-bond acceptors (Lipinski definition) is 5. The van der Waals surface area contributed by atoms with Crippen molar-refractivity contribution in [1.29, 1.82) is 0 Å². The van der Waals surface area contributed by atoms with Gasteiger partial charge in [-0.3, -0.25) is 9.59 Å². The molecule has 2 aromatic rings.